The van der Waals surface area contributed by atoms with E-state index in [0.717, 1.165) is 0 Å². The quantitative estimate of drug-likeness (QED) is 0.621. The average molecular weight is 195 g/mol. The lowest BCUT2D eigenvalue weighted by Crippen LogP contribution is -2.29. The van der Waals surface area contributed by atoms with Gasteiger partial charge in [-0.25, -0.2) is 0 Å². The molecule has 0 saturated carbocycles. The van der Waals surface area contributed by atoms with Crippen molar-refractivity contribution in [3.05, 3.63) is 0 Å². The topological polar surface area (TPSA) is 3.24 Å². The van der Waals surface area contributed by atoms with Gasteiger partial charge in [0.05, 0.1) is 5.92 Å². The number of rotatable bonds is 1. The molecule has 1 fully saturated rings. The van der Waals surface area contributed by atoms with Crippen LogP contribution in [0, 0.1) is 11.8 Å². The van der Waals surface area contributed by atoms with Crippen molar-refractivity contribution >= 4 is 0 Å². The summed E-state index contributed by atoms with van der Waals surface area (Å²) in [5.41, 5.74) is 0. The molecule has 0 aromatic heterocycles. The smallest absolute Gasteiger partial charge is 0.303 e. The molecule has 1 nitrogen and oxygen atoms in total. The van der Waals surface area contributed by atoms with Crippen molar-refractivity contribution in [1.82, 2.24) is 4.90 Å². The van der Waals surface area contributed by atoms with Crippen molar-refractivity contribution in [2.45, 2.75) is 32.5 Å². The highest BCUT2D eigenvalue weighted by Crippen LogP contribution is 2.37. The second-order valence-electron chi connectivity index (χ2n) is 4.23. The highest BCUT2D eigenvalue weighted by atomic mass is 19.4. The van der Waals surface area contributed by atoms with Gasteiger partial charge in [-0.2, -0.15) is 13.2 Å². The Labute approximate surface area is 76.9 Å². The van der Waals surface area contributed by atoms with Gasteiger partial charge in [0.1, 0.15) is 0 Å². The normalized spacial score (nSPS) is 31.6. The van der Waals surface area contributed by atoms with Crippen molar-refractivity contribution in [2.75, 3.05) is 13.6 Å². The minimum Gasteiger partial charge on any atom is -0.303 e. The number of nitrogens with zero attached hydrogens (tertiary/aromatic N) is 1. The van der Waals surface area contributed by atoms with Gasteiger partial charge >= 0.3 is 6.18 Å². The van der Waals surface area contributed by atoms with E-state index in [1.165, 1.54) is 0 Å². The Morgan fingerprint density at radius 1 is 1.31 bits per heavy atom. The van der Waals surface area contributed by atoms with Crippen LogP contribution in [0.1, 0.15) is 20.3 Å². The molecule has 4 heteroatoms. The van der Waals surface area contributed by atoms with Crippen LogP contribution in [0.5, 0.6) is 0 Å². The average Bonchev–Trinajstić information content (AvgIpc) is 2.29. The van der Waals surface area contributed by atoms with Gasteiger partial charge in [-0.05, 0) is 19.4 Å². The lowest BCUT2D eigenvalue weighted by molar-refractivity contribution is -0.170. The predicted molar refractivity (Wildman–Crippen MR) is 45.4 cm³/mol. The summed E-state index contributed by atoms with van der Waals surface area (Å²) in [6, 6.07) is 0.0895. The third kappa shape index (κ3) is 2.36. The van der Waals surface area contributed by atoms with Crippen LogP contribution in [-0.2, 0) is 0 Å². The third-order valence-corrected chi connectivity index (χ3v) is 2.83. The summed E-state index contributed by atoms with van der Waals surface area (Å²) in [7, 11) is 1.77. The summed E-state index contributed by atoms with van der Waals surface area (Å²) >= 11 is 0. The van der Waals surface area contributed by atoms with Gasteiger partial charge < -0.3 is 4.90 Å². The minimum atomic E-state index is -4.02. The molecule has 1 saturated heterocycles. The first-order valence-electron chi connectivity index (χ1n) is 4.59. The number of hydrogen-bond acceptors (Lipinski definition) is 1. The summed E-state index contributed by atoms with van der Waals surface area (Å²) in [4.78, 5) is 1.82. The molecule has 0 bridgehead atoms. The van der Waals surface area contributed by atoms with Crippen LogP contribution >= 0.6 is 0 Å². The Morgan fingerprint density at radius 2 is 1.85 bits per heavy atom. The number of likely N-dealkylation sites (tertiary alicyclic amines) is 1. The fourth-order valence-electron chi connectivity index (χ4n) is 2.05. The molecular weight excluding hydrogens is 179 g/mol. The van der Waals surface area contributed by atoms with E-state index in [1.54, 1.807) is 7.05 Å². The zero-order chi connectivity index (χ0) is 10.2. The molecule has 2 atom stereocenters. The van der Waals surface area contributed by atoms with Crippen LogP contribution in [0.2, 0.25) is 0 Å². The second kappa shape index (κ2) is 3.48. The summed E-state index contributed by atoms with van der Waals surface area (Å²) in [5, 5.41) is 0. The van der Waals surface area contributed by atoms with E-state index < -0.39 is 12.1 Å². The molecule has 0 aliphatic carbocycles. The molecule has 0 unspecified atom stereocenters. The molecule has 0 amide bonds. The lowest BCUT2D eigenvalue weighted by Gasteiger charge is -2.22. The Balaban J connectivity index is 2.60. The first kappa shape index (κ1) is 10.8. The van der Waals surface area contributed by atoms with Gasteiger partial charge in [0.15, 0.2) is 0 Å². The van der Waals surface area contributed by atoms with Crippen LogP contribution in [-0.4, -0.2) is 30.7 Å². The fraction of sp³-hybridized carbons (Fsp3) is 1.00. The highest BCUT2D eigenvalue weighted by molar-refractivity contribution is 4.88. The second-order valence-corrected chi connectivity index (χ2v) is 4.23. The summed E-state index contributed by atoms with van der Waals surface area (Å²) in [6.45, 7) is 4.10. The monoisotopic (exact) mass is 195 g/mol. The molecule has 1 aliphatic heterocycles. The predicted octanol–water partition coefficient (Wildman–Crippen LogP) is 2.53. The van der Waals surface area contributed by atoms with E-state index in [9.17, 15) is 13.2 Å². The molecule has 0 N–H and O–H groups in total. The molecule has 1 rings (SSSR count). The number of hydrogen-bond donors (Lipinski definition) is 0. The zero-order valence-corrected chi connectivity index (χ0v) is 8.23. The number of alkyl halides is 3. The van der Waals surface area contributed by atoms with Gasteiger partial charge in [0.2, 0.25) is 0 Å². The van der Waals surface area contributed by atoms with Crippen LogP contribution in [0.15, 0.2) is 0 Å². The fourth-order valence-corrected chi connectivity index (χ4v) is 2.05. The van der Waals surface area contributed by atoms with Crippen molar-refractivity contribution in [2.24, 2.45) is 11.8 Å². The van der Waals surface area contributed by atoms with Gasteiger partial charge in [0.25, 0.3) is 0 Å². The molecule has 0 aromatic rings. The zero-order valence-electron chi connectivity index (χ0n) is 8.23. The lowest BCUT2D eigenvalue weighted by atomic mass is 9.97. The Bertz CT molecular complexity index is 176. The summed E-state index contributed by atoms with van der Waals surface area (Å²) < 4.78 is 37.0. The van der Waals surface area contributed by atoms with E-state index in [0.29, 0.717) is 5.92 Å². The largest absolute Gasteiger partial charge is 0.393 e. The maximum atomic E-state index is 12.3. The molecule has 78 valence electrons. The highest BCUT2D eigenvalue weighted by Gasteiger charge is 2.46. The Kier molecular flexibility index (Phi) is 2.90. The van der Waals surface area contributed by atoms with Crippen molar-refractivity contribution in [3.8, 4) is 0 Å². The van der Waals surface area contributed by atoms with E-state index in [-0.39, 0.29) is 19.0 Å². The number of halogens is 3. The van der Waals surface area contributed by atoms with E-state index >= 15 is 0 Å². The van der Waals surface area contributed by atoms with Crippen LogP contribution in [0.4, 0.5) is 13.2 Å². The van der Waals surface area contributed by atoms with Gasteiger partial charge in [-0.1, -0.05) is 13.8 Å². The summed E-state index contributed by atoms with van der Waals surface area (Å²) in [6.07, 6.45) is -3.75. The molecule has 1 aliphatic rings. The molecule has 13 heavy (non-hydrogen) atoms. The van der Waals surface area contributed by atoms with E-state index in [2.05, 4.69) is 0 Å². The minimum absolute atomic E-state index is 0.0895. The third-order valence-electron chi connectivity index (χ3n) is 2.83. The van der Waals surface area contributed by atoms with Crippen LogP contribution in [0.25, 0.3) is 0 Å². The van der Waals surface area contributed by atoms with Gasteiger partial charge in [-0.15, -0.1) is 0 Å². The Morgan fingerprint density at radius 3 is 2.08 bits per heavy atom. The Hall–Kier alpha value is -0.250. The molecule has 1 heterocycles. The maximum Gasteiger partial charge on any atom is 0.393 e. The van der Waals surface area contributed by atoms with Crippen molar-refractivity contribution in [1.29, 1.82) is 0 Å². The summed E-state index contributed by atoms with van der Waals surface area (Å²) in [5.74, 6) is -0.817. The van der Waals surface area contributed by atoms with Crippen LogP contribution in [0.3, 0.4) is 0 Å². The SMILES string of the molecule is CC(C)[C@@H]1C[C@@H](C(F)(F)F)CN1C. The standard InChI is InChI=1S/C9H16F3N/c1-6(2)8-4-7(5-13(8)3)9(10,11)12/h6-8H,4-5H2,1-3H3/t7-,8+/m1/s1. The maximum absolute atomic E-state index is 12.3. The first-order chi connectivity index (χ1) is 5.82. The van der Waals surface area contributed by atoms with E-state index in [1.807, 2.05) is 18.7 Å². The molecular formula is C9H16F3N. The van der Waals surface area contributed by atoms with E-state index in [4.69, 9.17) is 0 Å². The van der Waals surface area contributed by atoms with Gasteiger partial charge in [0, 0.05) is 12.6 Å². The molecule has 0 radical (unpaired) electrons. The molecule has 0 spiro atoms. The molecule has 0 aromatic carbocycles. The van der Waals surface area contributed by atoms with Crippen LogP contribution < -0.4 is 0 Å². The van der Waals surface area contributed by atoms with Crippen molar-refractivity contribution < 1.29 is 13.2 Å². The van der Waals surface area contributed by atoms with Gasteiger partial charge in [-0.3, -0.25) is 0 Å². The first-order valence-corrected chi connectivity index (χ1v) is 4.59. The van der Waals surface area contributed by atoms with Crippen molar-refractivity contribution in [3.63, 3.8) is 0 Å².